The standard InChI is InChI=1S/C19H25N3O3.ClH/c1-2-25-19(24)13-7-9-22(10-8-13)18(23)16(20)11-14-12-21-17-6-4-3-5-15(14)17;/h3-6,12-13,16,21H,2,7-11,20H2,1H3;1H/t16-;/m0./s1. The van der Waals surface area contributed by atoms with Gasteiger partial charge in [0.1, 0.15) is 0 Å². The molecule has 3 N–H and O–H groups in total. The summed E-state index contributed by atoms with van der Waals surface area (Å²) in [5.74, 6) is -0.306. The second-order valence-electron chi connectivity index (χ2n) is 6.52. The van der Waals surface area contributed by atoms with Crippen molar-refractivity contribution in [1.29, 1.82) is 0 Å². The third-order valence-electron chi connectivity index (χ3n) is 4.86. The van der Waals surface area contributed by atoms with Gasteiger partial charge in [0.15, 0.2) is 0 Å². The predicted octanol–water partition coefficient (Wildman–Crippen LogP) is 2.26. The number of likely N-dealkylation sites (tertiary alicyclic amines) is 1. The molecule has 1 amide bonds. The molecule has 3 rings (SSSR count). The summed E-state index contributed by atoms with van der Waals surface area (Å²) >= 11 is 0. The van der Waals surface area contributed by atoms with Gasteiger partial charge in [0, 0.05) is 30.2 Å². The predicted molar refractivity (Wildman–Crippen MR) is 103 cm³/mol. The molecule has 142 valence electrons. The van der Waals surface area contributed by atoms with Gasteiger partial charge in [0.25, 0.3) is 0 Å². The molecular formula is C19H26ClN3O3. The SMILES string of the molecule is CCOC(=O)C1CCN(C(=O)[C@@H](N)Cc2c[nH]c3ccccc23)CC1.Cl. The minimum atomic E-state index is -0.571. The first-order chi connectivity index (χ1) is 12.1. The minimum Gasteiger partial charge on any atom is -0.466 e. The van der Waals surface area contributed by atoms with Crippen LogP contribution in [0.2, 0.25) is 0 Å². The van der Waals surface area contributed by atoms with Gasteiger partial charge in [-0.1, -0.05) is 18.2 Å². The molecule has 2 heterocycles. The van der Waals surface area contributed by atoms with Crippen molar-refractivity contribution in [2.75, 3.05) is 19.7 Å². The Morgan fingerprint density at radius 2 is 2.00 bits per heavy atom. The van der Waals surface area contributed by atoms with Crippen molar-refractivity contribution in [3.05, 3.63) is 36.0 Å². The van der Waals surface area contributed by atoms with Crippen LogP contribution >= 0.6 is 12.4 Å². The van der Waals surface area contributed by atoms with Gasteiger partial charge < -0.3 is 20.4 Å². The number of fused-ring (bicyclic) bond motifs is 1. The topological polar surface area (TPSA) is 88.4 Å². The highest BCUT2D eigenvalue weighted by Gasteiger charge is 2.30. The van der Waals surface area contributed by atoms with E-state index in [1.807, 2.05) is 30.5 Å². The summed E-state index contributed by atoms with van der Waals surface area (Å²) in [7, 11) is 0. The molecule has 1 aromatic carbocycles. The van der Waals surface area contributed by atoms with Crippen LogP contribution in [0, 0.1) is 5.92 Å². The Morgan fingerprint density at radius 1 is 1.31 bits per heavy atom. The molecule has 0 radical (unpaired) electrons. The molecular weight excluding hydrogens is 354 g/mol. The summed E-state index contributed by atoms with van der Waals surface area (Å²) in [6.45, 7) is 3.32. The van der Waals surface area contributed by atoms with E-state index >= 15 is 0 Å². The summed E-state index contributed by atoms with van der Waals surface area (Å²) in [6.07, 6.45) is 3.71. The number of para-hydroxylation sites is 1. The van der Waals surface area contributed by atoms with E-state index in [0.717, 1.165) is 16.5 Å². The first-order valence-corrected chi connectivity index (χ1v) is 8.86. The molecule has 6 nitrogen and oxygen atoms in total. The van der Waals surface area contributed by atoms with Gasteiger partial charge >= 0.3 is 5.97 Å². The van der Waals surface area contributed by atoms with Crippen molar-refractivity contribution in [2.45, 2.75) is 32.2 Å². The monoisotopic (exact) mass is 379 g/mol. The van der Waals surface area contributed by atoms with Gasteiger partial charge in [-0.25, -0.2) is 0 Å². The lowest BCUT2D eigenvalue weighted by atomic mass is 9.96. The molecule has 1 aliphatic heterocycles. The molecule has 1 atom stereocenters. The highest BCUT2D eigenvalue weighted by atomic mass is 35.5. The Bertz CT molecular complexity index is 753. The minimum absolute atomic E-state index is 0. The normalized spacial score (nSPS) is 16.2. The average Bonchev–Trinajstić information content (AvgIpc) is 3.04. The van der Waals surface area contributed by atoms with E-state index in [4.69, 9.17) is 10.5 Å². The quantitative estimate of drug-likeness (QED) is 0.780. The van der Waals surface area contributed by atoms with Crippen LogP contribution in [0.4, 0.5) is 0 Å². The lowest BCUT2D eigenvalue weighted by Crippen LogP contribution is -2.48. The van der Waals surface area contributed by atoms with Crippen molar-refractivity contribution in [1.82, 2.24) is 9.88 Å². The molecule has 1 fully saturated rings. The van der Waals surface area contributed by atoms with E-state index in [1.165, 1.54) is 0 Å². The molecule has 1 aliphatic rings. The van der Waals surface area contributed by atoms with Gasteiger partial charge in [-0.3, -0.25) is 9.59 Å². The number of rotatable bonds is 5. The number of nitrogens with zero attached hydrogens (tertiary/aromatic N) is 1. The largest absolute Gasteiger partial charge is 0.466 e. The fourth-order valence-electron chi connectivity index (χ4n) is 3.45. The van der Waals surface area contributed by atoms with Crippen LogP contribution in [-0.2, 0) is 20.7 Å². The van der Waals surface area contributed by atoms with E-state index in [1.54, 1.807) is 11.8 Å². The van der Waals surface area contributed by atoms with Gasteiger partial charge in [0.2, 0.25) is 5.91 Å². The van der Waals surface area contributed by atoms with E-state index in [-0.39, 0.29) is 30.2 Å². The number of piperidine rings is 1. The number of amides is 1. The number of H-pyrrole nitrogens is 1. The molecule has 0 aliphatic carbocycles. The van der Waals surface area contributed by atoms with Gasteiger partial charge in [-0.05, 0) is 37.8 Å². The molecule has 26 heavy (non-hydrogen) atoms. The first-order valence-electron chi connectivity index (χ1n) is 8.86. The summed E-state index contributed by atoms with van der Waals surface area (Å²) in [5.41, 5.74) is 8.28. The number of nitrogens with one attached hydrogen (secondary N) is 1. The summed E-state index contributed by atoms with van der Waals surface area (Å²) < 4.78 is 5.06. The molecule has 0 spiro atoms. The number of hydrogen-bond donors (Lipinski definition) is 2. The smallest absolute Gasteiger partial charge is 0.309 e. The summed E-state index contributed by atoms with van der Waals surface area (Å²) in [4.78, 5) is 29.4. The van der Waals surface area contributed by atoms with Crippen LogP contribution in [0.5, 0.6) is 0 Å². The van der Waals surface area contributed by atoms with Crippen molar-refractivity contribution in [3.63, 3.8) is 0 Å². The zero-order chi connectivity index (χ0) is 17.8. The summed E-state index contributed by atoms with van der Waals surface area (Å²) in [6, 6.07) is 7.42. The van der Waals surface area contributed by atoms with Crippen molar-refractivity contribution < 1.29 is 14.3 Å². The number of aromatic nitrogens is 1. The highest BCUT2D eigenvalue weighted by molar-refractivity contribution is 5.86. The molecule has 7 heteroatoms. The molecule has 2 aromatic rings. The van der Waals surface area contributed by atoms with E-state index in [0.29, 0.717) is 39.0 Å². The lowest BCUT2D eigenvalue weighted by molar-refractivity contribution is -0.151. The van der Waals surface area contributed by atoms with Gasteiger partial charge in [0.05, 0.1) is 18.6 Å². The second kappa shape index (κ2) is 9.05. The Hall–Kier alpha value is -2.05. The van der Waals surface area contributed by atoms with Crippen LogP contribution in [0.15, 0.2) is 30.5 Å². The maximum absolute atomic E-state index is 12.6. The molecule has 1 aromatic heterocycles. The zero-order valence-corrected chi connectivity index (χ0v) is 15.8. The second-order valence-corrected chi connectivity index (χ2v) is 6.52. The van der Waals surface area contributed by atoms with E-state index in [9.17, 15) is 9.59 Å². The molecule has 0 bridgehead atoms. The first kappa shape index (κ1) is 20.3. The van der Waals surface area contributed by atoms with E-state index in [2.05, 4.69) is 4.98 Å². The fraction of sp³-hybridized carbons (Fsp3) is 0.474. The maximum atomic E-state index is 12.6. The van der Waals surface area contributed by atoms with Crippen LogP contribution in [-0.4, -0.2) is 47.5 Å². The molecule has 0 unspecified atom stereocenters. The Labute approximate surface area is 159 Å². The third kappa shape index (κ3) is 4.37. The molecule has 1 saturated heterocycles. The number of nitrogens with two attached hydrogens (primary N) is 1. The lowest BCUT2D eigenvalue weighted by Gasteiger charge is -2.32. The van der Waals surface area contributed by atoms with Crippen molar-refractivity contribution in [3.8, 4) is 0 Å². The Morgan fingerprint density at radius 3 is 2.69 bits per heavy atom. The number of hydrogen-bond acceptors (Lipinski definition) is 4. The maximum Gasteiger partial charge on any atom is 0.309 e. The van der Waals surface area contributed by atoms with Crippen LogP contribution in [0.1, 0.15) is 25.3 Å². The van der Waals surface area contributed by atoms with Crippen LogP contribution < -0.4 is 5.73 Å². The van der Waals surface area contributed by atoms with Crippen LogP contribution in [0.25, 0.3) is 10.9 Å². The Kier molecular flexibility index (Phi) is 7.06. The fourth-order valence-corrected chi connectivity index (χ4v) is 3.45. The number of esters is 1. The zero-order valence-electron chi connectivity index (χ0n) is 14.9. The number of halogens is 1. The molecule has 0 saturated carbocycles. The number of carbonyl (C=O) groups is 2. The third-order valence-corrected chi connectivity index (χ3v) is 4.86. The van der Waals surface area contributed by atoms with Gasteiger partial charge in [-0.2, -0.15) is 0 Å². The van der Waals surface area contributed by atoms with Gasteiger partial charge in [-0.15, -0.1) is 12.4 Å². The highest BCUT2D eigenvalue weighted by Crippen LogP contribution is 2.21. The average molecular weight is 380 g/mol. The number of benzene rings is 1. The van der Waals surface area contributed by atoms with Crippen molar-refractivity contribution >= 4 is 35.2 Å². The number of aromatic amines is 1. The Balaban J connectivity index is 0.00000243. The van der Waals surface area contributed by atoms with Crippen molar-refractivity contribution in [2.24, 2.45) is 11.7 Å². The van der Waals surface area contributed by atoms with Crippen LogP contribution in [0.3, 0.4) is 0 Å². The number of carbonyl (C=O) groups excluding carboxylic acids is 2. The number of ether oxygens (including phenoxy) is 1. The summed E-state index contributed by atoms with van der Waals surface area (Å²) in [5, 5.41) is 1.10. The van der Waals surface area contributed by atoms with E-state index < -0.39 is 6.04 Å².